The number of rotatable bonds is 7. The lowest BCUT2D eigenvalue weighted by Crippen LogP contribution is -2.07. The summed E-state index contributed by atoms with van der Waals surface area (Å²) in [5.74, 6) is 0.942. The molecule has 0 atom stereocenters. The number of benzene rings is 1. The first-order valence-electron chi connectivity index (χ1n) is 5.29. The second kappa shape index (κ2) is 7.93. The Morgan fingerprint density at radius 1 is 1.13 bits per heavy atom. The van der Waals surface area contributed by atoms with Crippen LogP contribution in [0.5, 0.6) is 5.75 Å². The molecule has 0 heterocycles. The molecule has 84 valence electrons. The van der Waals surface area contributed by atoms with Crippen LogP contribution in [0.4, 0.5) is 0 Å². The SMILES string of the molecule is CCCCOCCOc1ccccc1I. The zero-order chi connectivity index (χ0) is 10.9. The lowest BCUT2D eigenvalue weighted by molar-refractivity contribution is 0.0978. The van der Waals surface area contributed by atoms with Crippen molar-refractivity contribution in [3.05, 3.63) is 27.8 Å². The molecule has 0 radical (unpaired) electrons. The zero-order valence-electron chi connectivity index (χ0n) is 9.04. The fraction of sp³-hybridized carbons (Fsp3) is 0.500. The van der Waals surface area contributed by atoms with Gasteiger partial charge in [-0.1, -0.05) is 25.5 Å². The second-order valence-corrected chi connectivity index (χ2v) is 4.41. The van der Waals surface area contributed by atoms with E-state index in [2.05, 4.69) is 29.5 Å². The van der Waals surface area contributed by atoms with E-state index >= 15 is 0 Å². The minimum absolute atomic E-state index is 0.629. The molecule has 0 spiro atoms. The first-order valence-corrected chi connectivity index (χ1v) is 6.37. The predicted octanol–water partition coefficient (Wildman–Crippen LogP) is 3.49. The maximum absolute atomic E-state index is 5.58. The van der Waals surface area contributed by atoms with Crippen LogP contribution in [0.25, 0.3) is 0 Å². The number of hydrogen-bond donors (Lipinski definition) is 0. The molecule has 0 bridgehead atoms. The minimum Gasteiger partial charge on any atom is -0.490 e. The molecule has 2 nitrogen and oxygen atoms in total. The molecule has 0 aliphatic heterocycles. The fourth-order valence-corrected chi connectivity index (χ4v) is 1.66. The summed E-state index contributed by atoms with van der Waals surface area (Å²) in [6.45, 7) is 4.30. The lowest BCUT2D eigenvalue weighted by atomic mass is 10.3. The largest absolute Gasteiger partial charge is 0.490 e. The van der Waals surface area contributed by atoms with Gasteiger partial charge in [-0.2, -0.15) is 0 Å². The molecule has 0 saturated heterocycles. The van der Waals surface area contributed by atoms with Gasteiger partial charge in [-0.3, -0.25) is 0 Å². The van der Waals surface area contributed by atoms with Crippen LogP contribution < -0.4 is 4.74 Å². The number of para-hydroxylation sites is 1. The molecule has 15 heavy (non-hydrogen) atoms. The molecule has 0 aromatic heterocycles. The maximum atomic E-state index is 5.58. The summed E-state index contributed by atoms with van der Waals surface area (Å²) in [7, 11) is 0. The molecule has 0 aliphatic carbocycles. The highest BCUT2D eigenvalue weighted by molar-refractivity contribution is 14.1. The lowest BCUT2D eigenvalue weighted by Gasteiger charge is -2.08. The van der Waals surface area contributed by atoms with Crippen LogP contribution in [0.1, 0.15) is 19.8 Å². The van der Waals surface area contributed by atoms with E-state index < -0.39 is 0 Å². The summed E-state index contributed by atoms with van der Waals surface area (Å²) in [6.07, 6.45) is 2.31. The van der Waals surface area contributed by atoms with Crippen LogP contribution in [-0.2, 0) is 4.74 Å². The van der Waals surface area contributed by atoms with Crippen LogP contribution >= 0.6 is 22.6 Å². The van der Waals surface area contributed by atoms with E-state index in [4.69, 9.17) is 9.47 Å². The molecule has 1 aromatic carbocycles. The molecule has 0 fully saturated rings. The highest BCUT2D eigenvalue weighted by atomic mass is 127. The van der Waals surface area contributed by atoms with Gasteiger partial charge in [-0.05, 0) is 41.1 Å². The summed E-state index contributed by atoms with van der Waals surface area (Å²) < 4.78 is 12.1. The van der Waals surface area contributed by atoms with Crippen molar-refractivity contribution >= 4 is 22.6 Å². The Bertz CT molecular complexity index is 276. The quantitative estimate of drug-likeness (QED) is 0.566. The number of ether oxygens (including phenoxy) is 2. The summed E-state index contributed by atoms with van der Waals surface area (Å²) >= 11 is 2.27. The average Bonchev–Trinajstić information content (AvgIpc) is 2.25. The predicted molar refractivity (Wildman–Crippen MR) is 70.4 cm³/mol. The monoisotopic (exact) mass is 320 g/mol. The number of unbranched alkanes of at least 4 members (excludes halogenated alkanes) is 1. The summed E-state index contributed by atoms with van der Waals surface area (Å²) in [6, 6.07) is 8.00. The Balaban J connectivity index is 2.12. The normalized spacial score (nSPS) is 10.3. The fourth-order valence-electron chi connectivity index (χ4n) is 1.12. The third kappa shape index (κ3) is 5.37. The third-order valence-electron chi connectivity index (χ3n) is 1.96. The Morgan fingerprint density at radius 3 is 2.67 bits per heavy atom. The molecular weight excluding hydrogens is 303 g/mol. The summed E-state index contributed by atoms with van der Waals surface area (Å²) in [5, 5.41) is 0. The molecule has 1 aromatic rings. The van der Waals surface area contributed by atoms with Gasteiger partial charge in [0.1, 0.15) is 12.4 Å². The Morgan fingerprint density at radius 2 is 1.93 bits per heavy atom. The number of hydrogen-bond acceptors (Lipinski definition) is 2. The van der Waals surface area contributed by atoms with Gasteiger partial charge in [0.2, 0.25) is 0 Å². The van der Waals surface area contributed by atoms with E-state index in [-0.39, 0.29) is 0 Å². The second-order valence-electron chi connectivity index (χ2n) is 3.24. The van der Waals surface area contributed by atoms with Crippen molar-refractivity contribution < 1.29 is 9.47 Å². The molecule has 1 rings (SSSR count). The Hall–Kier alpha value is -0.290. The topological polar surface area (TPSA) is 18.5 Å². The third-order valence-corrected chi connectivity index (χ3v) is 2.86. The smallest absolute Gasteiger partial charge is 0.132 e. The van der Waals surface area contributed by atoms with Gasteiger partial charge in [0, 0.05) is 6.61 Å². The van der Waals surface area contributed by atoms with Gasteiger partial charge >= 0.3 is 0 Å². The van der Waals surface area contributed by atoms with Gasteiger partial charge in [0.25, 0.3) is 0 Å². The van der Waals surface area contributed by atoms with E-state index in [0.29, 0.717) is 13.2 Å². The highest BCUT2D eigenvalue weighted by Crippen LogP contribution is 2.19. The van der Waals surface area contributed by atoms with Gasteiger partial charge in [0.15, 0.2) is 0 Å². The van der Waals surface area contributed by atoms with Gasteiger partial charge < -0.3 is 9.47 Å². The number of halogens is 1. The molecule has 0 N–H and O–H groups in total. The molecule has 0 unspecified atom stereocenters. The van der Waals surface area contributed by atoms with Crippen molar-refractivity contribution in [3.63, 3.8) is 0 Å². The van der Waals surface area contributed by atoms with Crippen molar-refractivity contribution in [2.24, 2.45) is 0 Å². The minimum atomic E-state index is 0.629. The van der Waals surface area contributed by atoms with E-state index in [1.165, 1.54) is 6.42 Å². The first-order chi connectivity index (χ1) is 7.34. The van der Waals surface area contributed by atoms with Gasteiger partial charge in [-0.15, -0.1) is 0 Å². The van der Waals surface area contributed by atoms with E-state index in [9.17, 15) is 0 Å². The Labute approximate surface area is 105 Å². The first kappa shape index (κ1) is 12.8. The molecule has 3 heteroatoms. The standard InChI is InChI=1S/C12H17IO2/c1-2-3-8-14-9-10-15-12-7-5-4-6-11(12)13/h4-7H,2-3,8-10H2,1H3. The van der Waals surface area contributed by atoms with E-state index in [0.717, 1.165) is 22.3 Å². The van der Waals surface area contributed by atoms with Crippen molar-refractivity contribution in [2.45, 2.75) is 19.8 Å². The van der Waals surface area contributed by atoms with Crippen molar-refractivity contribution in [1.29, 1.82) is 0 Å². The zero-order valence-corrected chi connectivity index (χ0v) is 11.2. The summed E-state index contributed by atoms with van der Waals surface area (Å²) in [5.41, 5.74) is 0. The highest BCUT2D eigenvalue weighted by Gasteiger charge is 1.97. The van der Waals surface area contributed by atoms with Crippen molar-refractivity contribution in [2.75, 3.05) is 19.8 Å². The Kier molecular flexibility index (Phi) is 6.76. The maximum Gasteiger partial charge on any atom is 0.132 e. The molecule has 0 aliphatic rings. The average molecular weight is 320 g/mol. The molecule has 0 saturated carbocycles. The molecule has 0 amide bonds. The van der Waals surface area contributed by atoms with Gasteiger partial charge in [-0.25, -0.2) is 0 Å². The van der Waals surface area contributed by atoms with Crippen LogP contribution in [0.15, 0.2) is 24.3 Å². The van der Waals surface area contributed by atoms with E-state index in [1.54, 1.807) is 0 Å². The van der Waals surface area contributed by atoms with Crippen LogP contribution in [-0.4, -0.2) is 19.8 Å². The van der Waals surface area contributed by atoms with Gasteiger partial charge in [0.05, 0.1) is 10.2 Å². The van der Waals surface area contributed by atoms with Crippen molar-refractivity contribution in [3.8, 4) is 5.75 Å². The van der Waals surface area contributed by atoms with Crippen molar-refractivity contribution in [1.82, 2.24) is 0 Å². The van der Waals surface area contributed by atoms with Crippen LogP contribution in [0, 0.1) is 3.57 Å². The summed E-state index contributed by atoms with van der Waals surface area (Å²) in [4.78, 5) is 0. The van der Waals surface area contributed by atoms with E-state index in [1.807, 2.05) is 24.3 Å². The van der Waals surface area contributed by atoms with Crippen LogP contribution in [0.2, 0.25) is 0 Å². The molecular formula is C12H17IO2. The van der Waals surface area contributed by atoms with Crippen LogP contribution in [0.3, 0.4) is 0 Å².